The lowest BCUT2D eigenvalue weighted by molar-refractivity contribution is -0.0499. The summed E-state index contributed by atoms with van der Waals surface area (Å²) in [6.45, 7) is 2.22. The van der Waals surface area contributed by atoms with Crippen molar-refractivity contribution in [2.24, 2.45) is 0 Å². The van der Waals surface area contributed by atoms with Crippen molar-refractivity contribution in [1.29, 1.82) is 0 Å². The lowest BCUT2D eigenvalue weighted by atomic mass is 9.95. The Kier molecular flexibility index (Phi) is 13.4. The molecule has 0 fully saturated rings. The monoisotopic (exact) mass is 598 g/mol. The molecule has 0 amide bonds. The number of unbranched alkanes of at least 4 members (excludes halogenated alkanes) is 9. The molecule has 0 unspecified atom stereocenters. The number of para-hydroxylation sites is 1. The molecule has 3 nitrogen and oxygen atoms in total. The van der Waals surface area contributed by atoms with E-state index in [2.05, 4.69) is 11.1 Å². The first kappa shape index (κ1) is 29.7. The molecule has 2 aromatic carbocycles. The van der Waals surface area contributed by atoms with Crippen LogP contribution in [0.2, 0.25) is 0 Å². The maximum atomic E-state index is 12.8. The predicted octanol–water partition coefficient (Wildman–Crippen LogP) is 8.66. The smallest absolute Gasteiger partial charge is 0.375 e. The molecule has 2 aromatic rings. The zero-order valence-electron chi connectivity index (χ0n) is 19.1. The molecule has 2 rings (SSSR count). The summed E-state index contributed by atoms with van der Waals surface area (Å²) in [4.78, 5) is 0. The van der Waals surface area contributed by atoms with Gasteiger partial charge >= 0.3 is 15.6 Å². The molecule has 0 aliphatic carbocycles. The van der Waals surface area contributed by atoms with E-state index in [0.29, 0.717) is 11.1 Å². The SMILES string of the molecule is CCCCCCCCCCCCc1ccccc1-c1ccccc1OS(=O)(=O)C(F)(F)F.I. The van der Waals surface area contributed by atoms with E-state index in [-0.39, 0.29) is 29.7 Å². The molecule has 0 aliphatic rings. The van der Waals surface area contributed by atoms with Crippen molar-refractivity contribution in [1.82, 2.24) is 0 Å². The first-order valence-corrected chi connectivity index (χ1v) is 12.8. The van der Waals surface area contributed by atoms with E-state index in [1.54, 1.807) is 24.3 Å². The molecule has 186 valence electrons. The van der Waals surface area contributed by atoms with E-state index in [1.807, 2.05) is 12.1 Å². The Morgan fingerprint density at radius 1 is 0.727 bits per heavy atom. The maximum absolute atomic E-state index is 12.8. The zero-order valence-corrected chi connectivity index (χ0v) is 22.2. The molecule has 33 heavy (non-hydrogen) atoms. The summed E-state index contributed by atoms with van der Waals surface area (Å²) in [7, 11) is -5.73. The van der Waals surface area contributed by atoms with Gasteiger partial charge in [-0.3, -0.25) is 0 Å². The number of hydrogen-bond donors (Lipinski definition) is 0. The summed E-state index contributed by atoms with van der Waals surface area (Å²) >= 11 is 0. The third-order valence-electron chi connectivity index (χ3n) is 5.48. The predicted molar refractivity (Wildman–Crippen MR) is 138 cm³/mol. The summed E-state index contributed by atoms with van der Waals surface area (Å²) < 4.78 is 65.9. The zero-order chi connectivity index (χ0) is 23.5. The van der Waals surface area contributed by atoms with E-state index >= 15 is 0 Å². The van der Waals surface area contributed by atoms with Crippen molar-refractivity contribution in [2.75, 3.05) is 0 Å². The molecular formula is C25H34F3IO3S. The van der Waals surface area contributed by atoms with Crippen LogP contribution in [0.4, 0.5) is 13.2 Å². The van der Waals surface area contributed by atoms with Crippen LogP contribution in [0.15, 0.2) is 48.5 Å². The highest BCUT2D eigenvalue weighted by molar-refractivity contribution is 14.0. The second-order valence-electron chi connectivity index (χ2n) is 8.07. The molecule has 8 heteroatoms. The Morgan fingerprint density at radius 3 is 1.79 bits per heavy atom. The van der Waals surface area contributed by atoms with Gasteiger partial charge in [0.25, 0.3) is 0 Å². The van der Waals surface area contributed by atoms with Crippen LogP contribution in [-0.4, -0.2) is 13.9 Å². The van der Waals surface area contributed by atoms with Gasteiger partial charge in [0.1, 0.15) is 0 Å². The van der Waals surface area contributed by atoms with Crippen LogP contribution < -0.4 is 4.18 Å². The fraction of sp³-hybridized carbons (Fsp3) is 0.520. The van der Waals surface area contributed by atoms with E-state index in [1.165, 1.54) is 63.5 Å². The number of hydrogen-bond acceptors (Lipinski definition) is 3. The molecule has 0 aliphatic heterocycles. The highest BCUT2D eigenvalue weighted by atomic mass is 127. The topological polar surface area (TPSA) is 43.4 Å². The van der Waals surface area contributed by atoms with Crippen molar-refractivity contribution in [3.63, 3.8) is 0 Å². The van der Waals surface area contributed by atoms with Gasteiger partial charge in [-0.2, -0.15) is 21.6 Å². The van der Waals surface area contributed by atoms with Gasteiger partial charge in [-0.1, -0.05) is 107 Å². The molecular weight excluding hydrogens is 564 g/mol. The number of halogens is 4. The quantitative estimate of drug-likeness (QED) is 0.0946. The van der Waals surface area contributed by atoms with Crippen LogP contribution in [0.5, 0.6) is 5.75 Å². The highest BCUT2D eigenvalue weighted by Crippen LogP contribution is 2.36. The molecule has 0 saturated carbocycles. The summed E-state index contributed by atoms with van der Waals surface area (Å²) in [6.07, 6.45) is 13.0. The third kappa shape index (κ3) is 9.84. The molecule has 0 heterocycles. The van der Waals surface area contributed by atoms with Crippen LogP contribution >= 0.6 is 24.0 Å². The average Bonchev–Trinajstić information content (AvgIpc) is 2.75. The third-order valence-corrected chi connectivity index (χ3v) is 6.44. The molecule has 0 bridgehead atoms. The van der Waals surface area contributed by atoms with Crippen molar-refractivity contribution in [3.05, 3.63) is 54.1 Å². The number of aryl methyl sites for hydroxylation is 1. The van der Waals surface area contributed by atoms with Crippen molar-refractivity contribution in [2.45, 2.75) is 83.1 Å². The maximum Gasteiger partial charge on any atom is 0.534 e. The van der Waals surface area contributed by atoms with Crippen LogP contribution in [0.1, 0.15) is 76.7 Å². The minimum absolute atomic E-state index is 0. The highest BCUT2D eigenvalue weighted by Gasteiger charge is 2.48. The molecule has 0 spiro atoms. The van der Waals surface area contributed by atoms with E-state index in [9.17, 15) is 21.6 Å². The normalized spacial score (nSPS) is 11.8. The molecule has 0 saturated heterocycles. The Morgan fingerprint density at radius 2 is 1.21 bits per heavy atom. The van der Waals surface area contributed by atoms with E-state index in [4.69, 9.17) is 0 Å². The number of alkyl halides is 3. The van der Waals surface area contributed by atoms with Gasteiger partial charge in [0, 0.05) is 5.56 Å². The van der Waals surface area contributed by atoms with Gasteiger partial charge in [0.05, 0.1) is 0 Å². The summed E-state index contributed by atoms with van der Waals surface area (Å²) in [6, 6.07) is 13.3. The van der Waals surface area contributed by atoms with Crippen LogP contribution in [-0.2, 0) is 16.5 Å². The lowest BCUT2D eigenvalue weighted by Crippen LogP contribution is -2.28. The number of benzene rings is 2. The van der Waals surface area contributed by atoms with Crippen molar-refractivity contribution < 1.29 is 25.8 Å². The van der Waals surface area contributed by atoms with Gasteiger partial charge in [0.2, 0.25) is 0 Å². The first-order chi connectivity index (χ1) is 15.3. The largest absolute Gasteiger partial charge is 0.534 e. The Balaban J connectivity index is 0.00000544. The number of rotatable bonds is 14. The minimum Gasteiger partial charge on any atom is -0.375 e. The first-order valence-electron chi connectivity index (χ1n) is 11.4. The second-order valence-corrected chi connectivity index (χ2v) is 9.61. The summed E-state index contributed by atoms with van der Waals surface area (Å²) in [5, 5.41) is 0. The summed E-state index contributed by atoms with van der Waals surface area (Å²) in [5.74, 6) is -0.319. The van der Waals surface area contributed by atoms with Gasteiger partial charge in [0.15, 0.2) is 5.75 Å². The molecule has 0 aromatic heterocycles. The van der Waals surface area contributed by atoms with Crippen LogP contribution in [0, 0.1) is 0 Å². The van der Waals surface area contributed by atoms with E-state index < -0.39 is 15.6 Å². The Hall–Kier alpha value is -1.29. The Labute approximate surface area is 213 Å². The van der Waals surface area contributed by atoms with Gasteiger partial charge < -0.3 is 4.18 Å². The second kappa shape index (κ2) is 14.9. The van der Waals surface area contributed by atoms with Gasteiger partial charge in [-0.25, -0.2) is 0 Å². The molecule has 0 N–H and O–H groups in total. The van der Waals surface area contributed by atoms with Crippen molar-refractivity contribution in [3.8, 4) is 16.9 Å². The lowest BCUT2D eigenvalue weighted by Gasteiger charge is -2.15. The minimum atomic E-state index is -5.73. The fourth-order valence-corrected chi connectivity index (χ4v) is 4.21. The average molecular weight is 599 g/mol. The fourth-order valence-electron chi connectivity index (χ4n) is 3.73. The van der Waals surface area contributed by atoms with E-state index in [0.717, 1.165) is 24.8 Å². The van der Waals surface area contributed by atoms with Gasteiger partial charge in [-0.15, -0.1) is 24.0 Å². The van der Waals surface area contributed by atoms with Crippen LogP contribution in [0.3, 0.4) is 0 Å². The Bertz CT molecular complexity index is 930. The van der Waals surface area contributed by atoms with Gasteiger partial charge in [-0.05, 0) is 30.0 Å². The van der Waals surface area contributed by atoms with Crippen LogP contribution in [0.25, 0.3) is 11.1 Å². The van der Waals surface area contributed by atoms with Crippen molar-refractivity contribution >= 4 is 34.1 Å². The molecule has 0 radical (unpaired) electrons. The standard InChI is InChI=1S/C25H33F3O3S.HI/c1-2-3-4-5-6-7-8-9-10-11-16-21-17-12-13-18-22(21)23-19-14-15-20-24(23)31-32(29,30)25(26,27)28;/h12-15,17-20H,2-11,16H2,1H3;1H. The summed E-state index contributed by atoms with van der Waals surface area (Å²) in [5.41, 5.74) is -3.48. The molecule has 0 atom stereocenters.